The first-order chi connectivity index (χ1) is 8.74. The van der Waals surface area contributed by atoms with Crippen molar-refractivity contribution in [3.05, 3.63) is 42.5 Å². The Morgan fingerprint density at radius 2 is 2.00 bits per heavy atom. The second-order valence-corrected chi connectivity index (χ2v) is 3.41. The van der Waals surface area contributed by atoms with Gasteiger partial charge >= 0.3 is 0 Å². The topological polar surface area (TPSA) is 95.4 Å². The highest BCUT2D eigenvalue weighted by Gasteiger charge is 1.97. The van der Waals surface area contributed by atoms with Crippen LogP contribution in [0.3, 0.4) is 0 Å². The fourth-order valence-corrected chi connectivity index (χ4v) is 1.19. The average Bonchev–Trinajstić information content (AvgIpc) is 2.88. The van der Waals surface area contributed by atoms with Gasteiger partial charge in [0, 0.05) is 0 Å². The molecule has 1 aromatic heterocycles. The number of hydrogen-bond donors (Lipinski definition) is 1. The van der Waals surface area contributed by atoms with E-state index in [-0.39, 0.29) is 6.61 Å². The zero-order chi connectivity index (χ0) is 12.8. The third-order valence-corrected chi connectivity index (χ3v) is 2.01. The quantitative estimate of drug-likeness (QED) is 0.751. The van der Waals surface area contributed by atoms with Crippen molar-refractivity contribution in [1.29, 1.82) is 0 Å². The molecule has 0 saturated heterocycles. The van der Waals surface area contributed by atoms with E-state index >= 15 is 0 Å². The van der Waals surface area contributed by atoms with Gasteiger partial charge in [0.2, 0.25) is 0 Å². The van der Waals surface area contributed by atoms with Gasteiger partial charge in [-0.05, 0) is 29.8 Å². The standard InChI is InChI=1S/C11H11N5O2/c12-11(17)6-18-10-3-1-9(2-4-10)5-15-16-7-13-14-8-16/h1-5,7-8H,6H2,(H2,12,17). The van der Waals surface area contributed by atoms with Crippen LogP contribution in [0.4, 0.5) is 0 Å². The minimum absolute atomic E-state index is 0.131. The van der Waals surface area contributed by atoms with E-state index in [1.165, 1.54) is 17.3 Å². The van der Waals surface area contributed by atoms with Crippen LogP contribution in [0.5, 0.6) is 5.75 Å². The number of hydrogen-bond acceptors (Lipinski definition) is 5. The predicted molar refractivity (Wildman–Crippen MR) is 64.1 cm³/mol. The van der Waals surface area contributed by atoms with Crippen molar-refractivity contribution in [3.8, 4) is 5.75 Å². The van der Waals surface area contributed by atoms with Crippen molar-refractivity contribution >= 4 is 12.1 Å². The Bertz CT molecular complexity index is 533. The number of carbonyl (C=O) groups is 1. The van der Waals surface area contributed by atoms with Gasteiger partial charge in [0.25, 0.3) is 5.91 Å². The third kappa shape index (κ3) is 3.41. The van der Waals surface area contributed by atoms with Gasteiger partial charge in [0.1, 0.15) is 18.4 Å². The molecule has 0 aliphatic heterocycles. The zero-order valence-corrected chi connectivity index (χ0v) is 9.43. The molecule has 2 rings (SSSR count). The molecule has 92 valence electrons. The summed E-state index contributed by atoms with van der Waals surface area (Å²) in [6.07, 6.45) is 4.63. The molecule has 7 heteroatoms. The largest absolute Gasteiger partial charge is 0.484 e. The molecule has 0 saturated carbocycles. The van der Waals surface area contributed by atoms with E-state index in [4.69, 9.17) is 10.5 Å². The zero-order valence-electron chi connectivity index (χ0n) is 9.43. The van der Waals surface area contributed by atoms with Crippen molar-refractivity contribution in [2.24, 2.45) is 10.8 Å². The van der Waals surface area contributed by atoms with E-state index in [1.54, 1.807) is 18.3 Å². The number of primary amides is 1. The van der Waals surface area contributed by atoms with E-state index in [0.29, 0.717) is 5.75 Å². The SMILES string of the molecule is NC(=O)COc1ccc(C=Nn2cnnc2)cc1. The van der Waals surface area contributed by atoms with Crippen LogP contribution in [0.25, 0.3) is 0 Å². The number of benzene rings is 1. The van der Waals surface area contributed by atoms with E-state index in [1.807, 2.05) is 12.1 Å². The molecule has 0 aliphatic carbocycles. The van der Waals surface area contributed by atoms with Gasteiger partial charge in [-0.3, -0.25) is 4.79 Å². The summed E-state index contributed by atoms with van der Waals surface area (Å²) in [5.41, 5.74) is 5.86. The Morgan fingerprint density at radius 1 is 1.33 bits per heavy atom. The Kier molecular flexibility index (Phi) is 3.65. The molecule has 2 N–H and O–H groups in total. The van der Waals surface area contributed by atoms with E-state index in [0.717, 1.165) is 5.56 Å². The highest BCUT2D eigenvalue weighted by Crippen LogP contribution is 2.10. The fourth-order valence-electron chi connectivity index (χ4n) is 1.19. The highest BCUT2D eigenvalue weighted by molar-refractivity contribution is 5.79. The average molecular weight is 245 g/mol. The lowest BCUT2D eigenvalue weighted by Crippen LogP contribution is -2.19. The summed E-state index contributed by atoms with van der Waals surface area (Å²) in [7, 11) is 0. The van der Waals surface area contributed by atoms with Crippen molar-refractivity contribution < 1.29 is 9.53 Å². The van der Waals surface area contributed by atoms with Crippen LogP contribution in [-0.2, 0) is 4.79 Å². The van der Waals surface area contributed by atoms with Crippen LogP contribution in [0.1, 0.15) is 5.56 Å². The molecule has 0 fully saturated rings. The smallest absolute Gasteiger partial charge is 0.255 e. The first kappa shape index (κ1) is 11.8. The Morgan fingerprint density at radius 3 is 2.61 bits per heavy atom. The molecule has 0 radical (unpaired) electrons. The summed E-state index contributed by atoms with van der Waals surface area (Å²) < 4.78 is 6.61. The van der Waals surface area contributed by atoms with Gasteiger partial charge in [-0.15, -0.1) is 10.2 Å². The molecule has 18 heavy (non-hydrogen) atoms. The van der Waals surface area contributed by atoms with Crippen molar-refractivity contribution in [3.63, 3.8) is 0 Å². The number of nitrogens with zero attached hydrogens (tertiary/aromatic N) is 4. The molecular formula is C11H11N5O2. The molecule has 0 bridgehead atoms. The lowest BCUT2D eigenvalue weighted by molar-refractivity contribution is -0.119. The number of carbonyl (C=O) groups excluding carboxylic acids is 1. The molecule has 1 amide bonds. The number of nitrogens with two attached hydrogens (primary N) is 1. The maximum absolute atomic E-state index is 10.5. The second-order valence-electron chi connectivity index (χ2n) is 3.41. The minimum atomic E-state index is -0.506. The molecule has 7 nitrogen and oxygen atoms in total. The molecular weight excluding hydrogens is 234 g/mol. The number of amides is 1. The van der Waals surface area contributed by atoms with Gasteiger partial charge in [0.15, 0.2) is 6.61 Å². The first-order valence-corrected chi connectivity index (χ1v) is 5.14. The van der Waals surface area contributed by atoms with Crippen LogP contribution in [-0.4, -0.2) is 33.6 Å². The summed E-state index contributed by atoms with van der Waals surface area (Å²) in [4.78, 5) is 10.5. The second kappa shape index (κ2) is 5.58. The monoisotopic (exact) mass is 245 g/mol. The predicted octanol–water partition coefficient (Wildman–Crippen LogP) is 0.0244. The van der Waals surface area contributed by atoms with Crippen LogP contribution < -0.4 is 10.5 Å². The molecule has 1 aromatic carbocycles. The Balaban J connectivity index is 1.97. The summed E-state index contributed by atoms with van der Waals surface area (Å²) in [6, 6.07) is 7.08. The van der Waals surface area contributed by atoms with Crippen molar-refractivity contribution in [1.82, 2.24) is 14.9 Å². The third-order valence-electron chi connectivity index (χ3n) is 2.01. The minimum Gasteiger partial charge on any atom is -0.484 e. The van der Waals surface area contributed by atoms with Gasteiger partial charge in [0.05, 0.1) is 6.21 Å². The molecule has 0 spiro atoms. The fraction of sp³-hybridized carbons (Fsp3) is 0.0909. The van der Waals surface area contributed by atoms with Gasteiger partial charge in [-0.1, -0.05) is 0 Å². The summed E-state index contributed by atoms with van der Waals surface area (Å²) >= 11 is 0. The maximum atomic E-state index is 10.5. The Labute approximate surface area is 103 Å². The van der Waals surface area contributed by atoms with E-state index in [9.17, 15) is 4.79 Å². The molecule has 0 unspecified atom stereocenters. The summed E-state index contributed by atoms with van der Waals surface area (Å²) in [5.74, 6) is 0.0727. The van der Waals surface area contributed by atoms with Crippen molar-refractivity contribution in [2.75, 3.05) is 6.61 Å². The lowest BCUT2D eigenvalue weighted by atomic mass is 10.2. The number of ether oxygens (including phenoxy) is 1. The van der Waals surface area contributed by atoms with Crippen LogP contribution >= 0.6 is 0 Å². The van der Waals surface area contributed by atoms with Crippen LogP contribution in [0.2, 0.25) is 0 Å². The molecule has 1 heterocycles. The van der Waals surface area contributed by atoms with Crippen molar-refractivity contribution in [2.45, 2.75) is 0 Å². The van der Waals surface area contributed by atoms with E-state index < -0.39 is 5.91 Å². The first-order valence-electron chi connectivity index (χ1n) is 5.14. The molecule has 0 aliphatic rings. The molecule has 2 aromatic rings. The Hall–Kier alpha value is -2.70. The van der Waals surface area contributed by atoms with Crippen LogP contribution in [0, 0.1) is 0 Å². The van der Waals surface area contributed by atoms with Gasteiger partial charge in [-0.2, -0.15) is 5.10 Å². The highest BCUT2D eigenvalue weighted by atomic mass is 16.5. The molecule has 0 atom stereocenters. The van der Waals surface area contributed by atoms with Gasteiger partial charge in [-0.25, -0.2) is 4.68 Å². The van der Waals surface area contributed by atoms with Gasteiger partial charge < -0.3 is 10.5 Å². The van der Waals surface area contributed by atoms with E-state index in [2.05, 4.69) is 15.3 Å². The lowest BCUT2D eigenvalue weighted by Gasteiger charge is -2.03. The number of rotatable bonds is 5. The summed E-state index contributed by atoms with van der Waals surface area (Å²) in [6.45, 7) is -0.131. The summed E-state index contributed by atoms with van der Waals surface area (Å²) in [5, 5.41) is 11.3. The normalized spacial score (nSPS) is 10.7. The van der Waals surface area contributed by atoms with Crippen LogP contribution in [0.15, 0.2) is 42.0 Å². The maximum Gasteiger partial charge on any atom is 0.255 e. The number of aromatic nitrogens is 3.